The fraction of sp³-hybridized carbons (Fsp3) is 0.417. The van der Waals surface area contributed by atoms with Crippen LogP contribution in [0.25, 0.3) is 0 Å². The second-order valence-corrected chi connectivity index (χ2v) is 9.19. The molecule has 1 atom stereocenters. The lowest BCUT2D eigenvalue weighted by atomic mass is 10.1. The molecule has 1 fully saturated rings. The predicted molar refractivity (Wildman–Crippen MR) is 127 cm³/mol. The second-order valence-electron chi connectivity index (χ2n) is 7.94. The number of carbonyl (C=O) groups is 2. The third-order valence-electron chi connectivity index (χ3n) is 5.74. The van der Waals surface area contributed by atoms with Crippen molar-refractivity contribution in [1.82, 2.24) is 10.2 Å². The molecule has 1 N–H and O–H groups in total. The molecule has 0 aliphatic heterocycles. The van der Waals surface area contributed by atoms with E-state index in [1.54, 1.807) is 35.2 Å². The number of hydrogen-bond donors (Lipinski definition) is 1. The monoisotopic (exact) mass is 480 g/mol. The highest BCUT2D eigenvalue weighted by atomic mass is 35.5. The zero-order valence-corrected chi connectivity index (χ0v) is 19.8. The van der Waals surface area contributed by atoms with Gasteiger partial charge in [-0.15, -0.1) is 0 Å². The number of carbonyl (C=O) groups excluding carboxylic acids is 2. The number of amides is 2. The van der Waals surface area contributed by atoms with E-state index >= 15 is 0 Å². The Balaban J connectivity index is 1.85. The van der Waals surface area contributed by atoms with Gasteiger partial charge < -0.3 is 10.2 Å². The number of hydrogen-bond acceptors (Lipinski definition) is 2. The van der Waals surface area contributed by atoms with Gasteiger partial charge in [0.2, 0.25) is 11.8 Å². The van der Waals surface area contributed by atoms with Crippen LogP contribution in [0, 0.1) is 0 Å². The summed E-state index contributed by atoms with van der Waals surface area (Å²) in [7, 11) is 0. The van der Waals surface area contributed by atoms with Crippen LogP contribution >= 0.6 is 34.8 Å². The second kappa shape index (κ2) is 11.2. The molecule has 0 heterocycles. The summed E-state index contributed by atoms with van der Waals surface area (Å²) in [4.78, 5) is 28.2. The Kier molecular flexibility index (Phi) is 8.65. The normalized spacial score (nSPS) is 15.0. The lowest BCUT2D eigenvalue weighted by Gasteiger charge is -2.32. The van der Waals surface area contributed by atoms with Crippen molar-refractivity contribution in [2.45, 2.75) is 64.1 Å². The van der Waals surface area contributed by atoms with Crippen molar-refractivity contribution in [1.29, 1.82) is 0 Å². The highest BCUT2D eigenvalue weighted by Gasteiger charge is 2.31. The molecule has 166 valence electrons. The quantitative estimate of drug-likeness (QED) is 0.498. The summed E-state index contributed by atoms with van der Waals surface area (Å²) >= 11 is 18.6. The molecular weight excluding hydrogens is 455 g/mol. The summed E-state index contributed by atoms with van der Waals surface area (Å²) in [6.07, 6.45) is 4.76. The van der Waals surface area contributed by atoms with Crippen LogP contribution < -0.4 is 5.32 Å². The third kappa shape index (κ3) is 6.38. The fourth-order valence-electron chi connectivity index (χ4n) is 4.03. The van der Waals surface area contributed by atoms with Crippen LogP contribution in [0.3, 0.4) is 0 Å². The number of nitrogens with zero attached hydrogens (tertiary/aromatic N) is 1. The summed E-state index contributed by atoms with van der Waals surface area (Å²) in [6.45, 7) is 2.22. The Hall–Kier alpha value is -1.75. The summed E-state index contributed by atoms with van der Waals surface area (Å²) in [5.41, 5.74) is 1.47. The van der Waals surface area contributed by atoms with Gasteiger partial charge in [-0.2, -0.15) is 0 Å². The Bertz CT molecular complexity index is 891. The molecule has 3 rings (SSSR count). The Morgan fingerprint density at radius 3 is 2.23 bits per heavy atom. The average Bonchev–Trinajstić information content (AvgIpc) is 3.25. The largest absolute Gasteiger partial charge is 0.352 e. The van der Waals surface area contributed by atoms with Gasteiger partial charge in [-0.25, -0.2) is 0 Å². The van der Waals surface area contributed by atoms with E-state index in [0.29, 0.717) is 33.6 Å². The van der Waals surface area contributed by atoms with E-state index in [0.717, 1.165) is 31.2 Å². The summed E-state index contributed by atoms with van der Waals surface area (Å²) < 4.78 is 0. The summed E-state index contributed by atoms with van der Waals surface area (Å²) in [5.74, 6) is -0.305. The molecule has 0 radical (unpaired) electrons. The van der Waals surface area contributed by atoms with E-state index in [9.17, 15) is 9.59 Å². The van der Waals surface area contributed by atoms with Crippen molar-refractivity contribution in [2.75, 3.05) is 0 Å². The van der Waals surface area contributed by atoms with Crippen molar-refractivity contribution < 1.29 is 9.59 Å². The highest BCUT2D eigenvalue weighted by molar-refractivity contribution is 6.36. The summed E-state index contributed by atoms with van der Waals surface area (Å²) in [6, 6.07) is 12.1. The topological polar surface area (TPSA) is 49.4 Å². The van der Waals surface area contributed by atoms with Crippen LogP contribution in [0.2, 0.25) is 15.1 Å². The van der Waals surface area contributed by atoms with Crippen LogP contribution in [-0.2, 0) is 22.6 Å². The number of nitrogens with one attached hydrogen (secondary N) is 1. The van der Waals surface area contributed by atoms with E-state index in [1.165, 1.54) is 0 Å². The van der Waals surface area contributed by atoms with Gasteiger partial charge in [-0.1, -0.05) is 72.8 Å². The molecule has 7 heteroatoms. The highest BCUT2D eigenvalue weighted by Crippen LogP contribution is 2.26. The predicted octanol–water partition coefficient (Wildman–Crippen LogP) is 6.06. The molecule has 1 unspecified atom stereocenters. The number of halogens is 3. The number of rotatable bonds is 8. The molecule has 0 bridgehead atoms. The Morgan fingerprint density at radius 1 is 1.03 bits per heavy atom. The maximum atomic E-state index is 13.4. The fourth-order valence-corrected chi connectivity index (χ4v) is 4.68. The molecule has 2 aromatic rings. The molecule has 2 amide bonds. The van der Waals surface area contributed by atoms with Gasteiger partial charge in [0.05, 0.1) is 6.42 Å². The standard InChI is InChI=1S/C24H27Cl3N2O2/c1-2-22(24(31)28-18-6-3-4-7-18)29(15-16-10-12-17(25)13-11-16)23(30)14-19-20(26)8-5-9-21(19)27/h5,8-13,18,22H,2-4,6-7,14-15H2,1H3,(H,28,31). The van der Waals surface area contributed by atoms with E-state index in [2.05, 4.69) is 5.32 Å². The molecule has 0 saturated heterocycles. The summed E-state index contributed by atoms with van der Waals surface area (Å²) in [5, 5.41) is 4.64. The van der Waals surface area contributed by atoms with Gasteiger partial charge in [0.1, 0.15) is 6.04 Å². The van der Waals surface area contributed by atoms with Gasteiger partial charge in [0.15, 0.2) is 0 Å². The van der Waals surface area contributed by atoms with E-state index in [1.807, 2.05) is 19.1 Å². The minimum Gasteiger partial charge on any atom is -0.352 e. The van der Waals surface area contributed by atoms with Crippen molar-refractivity contribution in [3.05, 3.63) is 68.7 Å². The van der Waals surface area contributed by atoms with Gasteiger partial charge in [-0.05, 0) is 54.7 Å². The molecule has 1 aliphatic rings. The van der Waals surface area contributed by atoms with Crippen LogP contribution in [0.5, 0.6) is 0 Å². The van der Waals surface area contributed by atoms with Gasteiger partial charge >= 0.3 is 0 Å². The first-order valence-corrected chi connectivity index (χ1v) is 11.8. The first-order chi connectivity index (χ1) is 14.9. The maximum absolute atomic E-state index is 13.4. The molecule has 0 spiro atoms. The average molecular weight is 482 g/mol. The van der Waals surface area contributed by atoms with Crippen molar-refractivity contribution in [2.24, 2.45) is 0 Å². The van der Waals surface area contributed by atoms with Crippen molar-refractivity contribution in [3.8, 4) is 0 Å². The molecule has 1 saturated carbocycles. The minimum absolute atomic E-state index is 0.0271. The molecule has 31 heavy (non-hydrogen) atoms. The van der Waals surface area contributed by atoms with Crippen LogP contribution in [0.4, 0.5) is 0 Å². The Labute approximate surface area is 198 Å². The smallest absolute Gasteiger partial charge is 0.243 e. The van der Waals surface area contributed by atoms with Gasteiger partial charge in [-0.3, -0.25) is 9.59 Å². The van der Waals surface area contributed by atoms with Gasteiger partial charge in [0.25, 0.3) is 0 Å². The lowest BCUT2D eigenvalue weighted by Crippen LogP contribution is -2.51. The zero-order valence-electron chi connectivity index (χ0n) is 17.5. The molecule has 4 nitrogen and oxygen atoms in total. The van der Waals surface area contributed by atoms with Crippen molar-refractivity contribution in [3.63, 3.8) is 0 Å². The molecule has 0 aromatic heterocycles. The SMILES string of the molecule is CCC(C(=O)NC1CCCC1)N(Cc1ccc(Cl)cc1)C(=O)Cc1c(Cl)cccc1Cl. The molecule has 1 aliphatic carbocycles. The first kappa shape index (κ1) is 23.9. The van der Waals surface area contributed by atoms with E-state index in [4.69, 9.17) is 34.8 Å². The third-order valence-corrected chi connectivity index (χ3v) is 6.70. The van der Waals surface area contributed by atoms with E-state index < -0.39 is 6.04 Å². The zero-order chi connectivity index (χ0) is 22.4. The van der Waals surface area contributed by atoms with Crippen LogP contribution in [0.15, 0.2) is 42.5 Å². The Morgan fingerprint density at radius 2 is 1.65 bits per heavy atom. The number of benzene rings is 2. The van der Waals surface area contributed by atoms with Gasteiger partial charge in [0, 0.05) is 27.7 Å². The molecule has 2 aromatic carbocycles. The van der Waals surface area contributed by atoms with Crippen LogP contribution in [0.1, 0.15) is 50.2 Å². The van der Waals surface area contributed by atoms with E-state index in [-0.39, 0.29) is 24.3 Å². The maximum Gasteiger partial charge on any atom is 0.243 e. The minimum atomic E-state index is -0.579. The first-order valence-electron chi connectivity index (χ1n) is 10.7. The van der Waals surface area contributed by atoms with Crippen LogP contribution in [-0.4, -0.2) is 28.8 Å². The lowest BCUT2D eigenvalue weighted by molar-refractivity contribution is -0.141. The molecular formula is C24H27Cl3N2O2. The van der Waals surface area contributed by atoms with Crippen molar-refractivity contribution >= 4 is 46.6 Å².